The van der Waals surface area contributed by atoms with Gasteiger partial charge >= 0.3 is 0 Å². The predicted octanol–water partition coefficient (Wildman–Crippen LogP) is 9.22. The molecular weight excluding hydrogens is 476 g/mol. The molecule has 39 heavy (non-hydrogen) atoms. The zero-order chi connectivity index (χ0) is 25.8. The molecule has 2 aromatic heterocycles. The maximum atomic E-state index is 4.90. The number of rotatable bonds is 5. The average Bonchev–Trinajstić information content (AvgIpc) is 3.81. The SMILES string of the molecule is c1nc(C2CCCC2)[nH]c1-c1ccc(C2CCC(c3cnc(C4CCCC4)[nH]3)CC2)c2c1CC1(CCCC1)C2. The van der Waals surface area contributed by atoms with Gasteiger partial charge in [-0.3, -0.25) is 0 Å². The van der Waals surface area contributed by atoms with Gasteiger partial charge in [-0.1, -0.05) is 50.7 Å². The molecule has 4 nitrogen and oxygen atoms in total. The summed E-state index contributed by atoms with van der Waals surface area (Å²) in [7, 11) is 0. The lowest BCUT2D eigenvalue weighted by atomic mass is 9.75. The molecule has 2 heterocycles. The summed E-state index contributed by atoms with van der Waals surface area (Å²) < 4.78 is 0. The molecule has 5 aliphatic carbocycles. The zero-order valence-corrected chi connectivity index (χ0v) is 23.7. The molecule has 0 radical (unpaired) electrons. The van der Waals surface area contributed by atoms with Gasteiger partial charge < -0.3 is 9.97 Å². The molecule has 0 amide bonds. The Kier molecular flexibility index (Phi) is 6.22. The maximum absolute atomic E-state index is 4.90. The predicted molar refractivity (Wildman–Crippen MR) is 157 cm³/mol. The first-order valence-electron chi connectivity index (χ1n) is 16.5. The number of hydrogen-bond acceptors (Lipinski definition) is 2. The molecule has 1 aromatic carbocycles. The van der Waals surface area contributed by atoms with Crippen LogP contribution in [0.4, 0.5) is 0 Å². The van der Waals surface area contributed by atoms with Crippen LogP contribution < -0.4 is 0 Å². The highest BCUT2D eigenvalue weighted by Crippen LogP contribution is 2.54. The van der Waals surface area contributed by atoms with Crippen molar-refractivity contribution in [3.63, 3.8) is 0 Å². The lowest BCUT2D eigenvalue weighted by Crippen LogP contribution is -2.17. The molecule has 8 rings (SSSR count). The van der Waals surface area contributed by atoms with E-state index in [1.54, 1.807) is 16.7 Å². The third-order valence-electron chi connectivity index (χ3n) is 11.8. The van der Waals surface area contributed by atoms with Gasteiger partial charge in [0.05, 0.1) is 11.9 Å². The third-order valence-corrected chi connectivity index (χ3v) is 11.8. The van der Waals surface area contributed by atoms with Crippen LogP contribution in [0.25, 0.3) is 11.3 Å². The standard InChI is InChI=1S/C35H46N4/c1-2-8-25(7-1)33-36-21-31(38-33)24-13-11-23(12-14-24)27-15-16-28(30-20-35(19-29(27)30)17-5-6-18-35)32-22-37-34(39-32)26-9-3-4-10-26/h15-16,21-26H,1-14,17-20H2,(H,36,38)(H,37,39). The summed E-state index contributed by atoms with van der Waals surface area (Å²) in [4.78, 5) is 17.3. The lowest BCUT2D eigenvalue weighted by Gasteiger charge is -2.30. The molecule has 4 fully saturated rings. The molecule has 0 atom stereocenters. The van der Waals surface area contributed by atoms with E-state index in [1.807, 2.05) is 0 Å². The number of H-pyrrole nitrogens is 2. The molecule has 3 aromatic rings. The molecule has 206 valence electrons. The van der Waals surface area contributed by atoms with E-state index in [0.717, 1.165) is 0 Å². The molecule has 5 aliphatic rings. The maximum Gasteiger partial charge on any atom is 0.109 e. The van der Waals surface area contributed by atoms with E-state index >= 15 is 0 Å². The highest BCUT2D eigenvalue weighted by atomic mass is 14.9. The van der Waals surface area contributed by atoms with E-state index in [9.17, 15) is 0 Å². The number of imidazole rings is 2. The summed E-state index contributed by atoms with van der Waals surface area (Å²) >= 11 is 0. The fraction of sp³-hybridized carbons (Fsp3) is 0.657. The highest BCUT2D eigenvalue weighted by Gasteiger charge is 2.42. The number of nitrogens with zero attached hydrogens (tertiary/aromatic N) is 2. The topological polar surface area (TPSA) is 57.4 Å². The third kappa shape index (κ3) is 4.41. The van der Waals surface area contributed by atoms with Gasteiger partial charge in [0, 0.05) is 35.2 Å². The van der Waals surface area contributed by atoms with E-state index in [-0.39, 0.29) is 0 Å². The fourth-order valence-corrected chi connectivity index (χ4v) is 9.61. The van der Waals surface area contributed by atoms with Crippen LogP contribution in [0.2, 0.25) is 0 Å². The number of hydrogen-bond donors (Lipinski definition) is 2. The summed E-state index contributed by atoms with van der Waals surface area (Å²) in [5.74, 6) is 5.22. The van der Waals surface area contributed by atoms with Gasteiger partial charge in [0.25, 0.3) is 0 Å². The Morgan fingerprint density at radius 1 is 0.590 bits per heavy atom. The monoisotopic (exact) mass is 522 g/mol. The molecule has 2 N–H and O–H groups in total. The van der Waals surface area contributed by atoms with E-state index in [1.165, 1.54) is 144 Å². The van der Waals surface area contributed by atoms with Crippen molar-refractivity contribution < 1.29 is 0 Å². The van der Waals surface area contributed by atoms with Crippen LogP contribution >= 0.6 is 0 Å². The Morgan fingerprint density at radius 2 is 1.21 bits per heavy atom. The van der Waals surface area contributed by atoms with Gasteiger partial charge in [-0.05, 0) is 105 Å². The summed E-state index contributed by atoms with van der Waals surface area (Å²) in [6, 6.07) is 5.01. The normalized spacial score (nSPS) is 27.2. The minimum Gasteiger partial charge on any atom is -0.345 e. The second kappa shape index (κ2) is 9.93. The summed E-state index contributed by atoms with van der Waals surface area (Å²) in [6.45, 7) is 0. The van der Waals surface area contributed by atoms with Gasteiger partial charge in [-0.25, -0.2) is 9.97 Å². The van der Waals surface area contributed by atoms with Crippen molar-refractivity contribution >= 4 is 0 Å². The van der Waals surface area contributed by atoms with Crippen LogP contribution in [-0.4, -0.2) is 19.9 Å². The van der Waals surface area contributed by atoms with Crippen LogP contribution in [0, 0.1) is 5.41 Å². The number of aromatic nitrogens is 4. The van der Waals surface area contributed by atoms with Gasteiger partial charge in [0.2, 0.25) is 0 Å². The van der Waals surface area contributed by atoms with Crippen molar-refractivity contribution in [2.24, 2.45) is 5.41 Å². The lowest BCUT2D eigenvalue weighted by molar-refractivity contribution is 0.316. The summed E-state index contributed by atoms with van der Waals surface area (Å²) in [5.41, 5.74) is 9.79. The summed E-state index contributed by atoms with van der Waals surface area (Å²) in [6.07, 6.45) is 28.6. The highest BCUT2D eigenvalue weighted by molar-refractivity contribution is 5.68. The van der Waals surface area contributed by atoms with Gasteiger partial charge in [0.15, 0.2) is 0 Å². The Morgan fingerprint density at radius 3 is 1.92 bits per heavy atom. The molecule has 0 saturated heterocycles. The molecule has 0 bridgehead atoms. The van der Waals surface area contributed by atoms with E-state index in [2.05, 4.69) is 34.5 Å². The van der Waals surface area contributed by atoms with E-state index in [4.69, 9.17) is 9.97 Å². The first-order valence-corrected chi connectivity index (χ1v) is 16.5. The second-order valence-corrected chi connectivity index (χ2v) is 14.1. The molecule has 4 saturated carbocycles. The zero-order valence-electron chi connectivity index (χ0n) is 23.7. The molecule has 1 spiro atoms. The van der Waals surface area contributed by atoms with Gasteiger partial charge in [0.1, 0.15) is 11.6 Å². The molecular formula is C35H46N4. The molecule has 4 heteroatoms. The molecule has 0 aliphatic heterocycles. The quantitative estimate of drug-likeness (QED) is 0.351. The number of benzene rings is 1. The number of fused-ring (bicyclic) bond motifs is 1. The van der Waals surface area contributed by atoms with E-state index < -0.39 is 0 Å². The van der Waals surface area contributed by atoms with Crippen molar-refractivity contribution in [2.45, 2.75) is 139 Å². The summed E-state index contributed by atoms with van der Waals surface area (Å²) in [5, 5.41) is 0. The first kappa shape index (κ1) is 24.4. The molecule has 0 unspecified atom stereocenters. The number of aromatic amines is 2. The Hall–Kier alpha value is -2.36. The Balaban J connectivity index is 1.04. The Labute approximate surface area is 234 Å². The van der Waals surface area contributed by atoms with Crippen molar-refractivity contribution in [3.05, 3.63) is 58.6 Å². The van der Waals surface area contributed by atoms with Gasteiger partial charge in [-0.15, -0.1) is 0 Å². The van der Waals surface area contributed by atoms with Gasteiger partial charge in [-0.2, -0.15) is 0 Å². The van der Waals surface area contributed by atoms with Crippen LogP contribution in [0.15, 0.2) is 24.5 Å². The van der Waals surface area contributed by atoms with Crippen molar-refractivity contribution in [3.8, 4) is 11.3 Å². The minimum atomic E-state index is 0.533. The van der Waals surface area contributed by atoms with Crippen LogP contribution in [0.1, 0.15) is 160 Å². The largest absolute Gasteiger partial charge is 0.345 e. The Bertz CT molecular complexity index is 1300. The van der Waals surface area contributed by atoms with Crippen molar-refractivity contribution in [1.29, 1.82) is 0 Å². The van der Waals surface area contributed by atoms with Crippen LogP contribution in [-0.2, 0) is 12.8 Å². The van der Waals surface area contributed by atoms with Crippen LogP contribution in [0.5, 0.6) is 0 Å². The average molecular weight is 523 g/mol. The van der Waals surface area contributed by atoms with Crippen molar-refractivity contribution in [2.75, 3.05) is 0 Å². The van der Waals surface area contributed by atoms with Crippen LogP contribution in [0.3, 0.4) is 0 Å². The first-order chi connectivity index (χ1) is 19.2. The second-order valence-electron chi connectivity index (χ2n) is 14.1. The smallest absolute Gasteiger partial charge is 0.109 e. The minimum absolute atomic E-state index is 0.533. The fourth-order valence-electron chi connectivity index (χ4n) is 9.61. The number of nitrogens with one attached hydrogen (secondary N) is 2. The van der Waals surface area contributed by atoms with E-state index in [0.29, 0.717) is 29.1 Å². The van der Waals surface area contributed by atoms with Crippen molar-refractivity contribution in [1.82, 2.24) is 19.9 Å².